The van der Waals surface area contributed by atoms with Gasteiger partial charge in [-0.3, -0.25) is 4.79 Å². The van der Waals surface area contributed by atoms with Gasteiger partial charge in [-0.15, -0.1) is 0 Å². The van der Waals surface area contributed by atoms with Crippen LogP contribution >= 0.6 is 0 Å². The molecule has 0 saturated carbocycles. The largest absolute Gasteiger partial charge is 0.457 e. The van der Waals surface area contributed by atoms with Crippen molar-refractivity contribution in [3.8, 4) is 11.5 Å². The van der Waals surface area contributed by atoms with E-state index in [1.807, 2.05) is 49.4 Å². The van der Waals surface area contributed by atoms with E-state index in [9.17, 15) is 4.79 Å². The number of anilines is 1. The fourth-order valence-corrected chi connectivity index (χ4v) is 1.58. The second kappa shape index (κ2) is 5.36. The minimum Gasteiger partial charge on any atom is -0.457 e. The molecule has 0 spiro atoms. The van der Waals surface area contributed by atoms with Crippen LogP contribution in [0.2, 0.25) is 0 Å². The maximum absolute atomic E-state index is 11.0. The molecule has 0 saturated heterocycles. The van der Waals surface area contributed by atoms with Crippen molar-refractivity contribution < 1.29 is 9.53 Å². The maximum Gasteiger partial charge on any atom is 0.221 e. The van der Waals surface area contributed by atoms with Crippen molar-refractivity contribution in [3.05, 3.63) is 54.1 Å². The Bertz CT molecular complexity index is 547. The monoisotopic (exact) mass is 241 g/mol. The van der Waals surface area contributed by atoms with Crippen LogP contribution in [-0.2, 0) is 4.79 Å². The average Bonchev–Trinajstić information content (AvgIpc) is 2.32. The molecule has 18 heavy (non-hydrogen) atoms. The van der Waals surface area contributed by atoms with Crippen LogP contribution in [0.15, 0.2) is 48.5 Å². The maximum atomic E-state index is 11.0. The molecular formula is C15H15NO2. The molecule has 2 rings (SSSR count). The molecule has 0 fully saturated rings. The third kappa shape index (κ3) is 3.35. The van der Waals surface area contributed by atoms with Gasteiger partial charge in [-0.05, 0) is 31.2 Å². The Morgan fingerprint density at radius 1 is 1.06 bits per heavy atom. The number of ether oxygens (including phenoxy) is 1. The average molecular weight is 241 g/mol. The van der Waals surface area contributed by atoms with Gasteiger partial charge in [0.15, 0.2) is 0 Å². The normalized spacial score (nSPS) is 9.89. The van der Waals surface area contributed by atoms with Crippen molar-refractivity contribution in [2.45, 2.75) is 13.8 Å². The molecule has 3 nitrogen and oxygen atoms in total. The highest BCUT2D eigenvalue weighted by atomic mass is 16.5. The Hall–Kier alpha value is -2.29. The first-order chi connectivity index (χ1) is 8.63. The summed E-state index contributed by atoms with van der Waals surface area (Å²) in [7, 11) is 0. The molecule has 1 amide bonds. The molecule has 2 aromatic carbocycles. The van der Waals surface area contributed by atoms with Gasteiger partial charge >= 0.3 is 0 Å². The Labute approximate surface area is 106 Å². The fraction of sp³-hybridized carbons (Fsp3) is 0.133. The topological polar surface area (TPSA) is 38.3 Å². The van der Waals surface area contributed by atoms with Crippen molar-refractivity contribution in [1.82, 2.24) is 0 Å². The minimum atomic E-state index is -0.0949. The lowest BCUT2D eigenvalue weighted by molar-refractivity contribution is -0.114. The Morgan fingerprint density at radius 2 is 1.78 bits per heavy atom. The molecule has 92 valence electrons. The molecule has 2 aromatic rings. The van der Waals surface area contributed by atoms with Crippen molar-refractivity contribution in [1.29, 1.82) is 0 Å². The zero-order valence-corrected chi connectivity index (χ0v) is 10.4. The van der Waals surface area contributed by atoms with Gasteiger partial charge in [-0.25, -0.2) is 0 Å². The minimum absolute atomic E-state index is 0.0949. The first-order valence-corrected chi connectivity index (χ1v) is 5.76. The Balaban J connectivity index is 2.13. The Morgan fingerprint density at radius 3 is 2.44 bits per heavy atom. The summed E-state index contributed by atoms with van der Waals surface area (Å²) in [5, 5.41) is 2.72. The fourth-order valence-electron chi connectivity index (χ4n) is 1.58. The van der Waals surface area contributed by atoms with E-state index in [0.717, 1.165) is 11.4 Å². The number of aryl methyl sites for hydroxylation is 1. The molecule has 0 heterocycles. The summed E-state index contributed by atoms with van der Waals surface area (Å²) >= 11 is 0. The molecule has 3 heteroatoms. The molecule has 0 radical (unpaired) electrons. The standard InChI is InChI=1S/C15H15NO2/c1-11-6-8-14(9-7-11)18-15-5-3-4-13(10-15)16-12(2)17/h3-10H,1-2H3,(H,16,17). The predicted octanol–water partition coefficient (Wildman–Crippen LogP) is 3.75. The number of carbonyl (C=O) groups is 1. The summed E-state index contributed by atoms with van der Waals surface area (Å²) in [5.41, 5.74) is 1.92. The van der Waals surface area contributed by atoms with Crippen LogP contribution in [0.5, 0.6) is 11.5 Å². The number of carbonyl (C=O) groups excluding carboxylic acids is 1. The summed E-state index contributed by atoms with van der Waals surface area (Å²) in [5.74, 6) is 1.38. The van der Waals surface area contributed by atoms with Gasteiger partial charge in [-0.1, -0.05) is 23.8 Å². The molecule has 0 aliphatic heterocycles. The van der Waals surface area contributed by atoms with Crippen LogP contribution in [0.3, 0.4) is 0 Å². The molecule has 0 atom stereocenters. The van der Waals surface area contributed by atoms with Crippen LogP contribution in [-0.4, -0.2) is 5.91 Å². The highest BCUT2D eigenvalue weighted by Crippen LogP contribution is 2.24. The SMILES string of the molecule is CC(=O)Nc1cccc(Oc2ccc(C)cc2)c1. The van der Waals surface area contributed by atoms with E-state index in [4.69, 9.17) is 4.74 Å². The van der Waals surface area contributed by atoms with E-state index in [2.05, 4.69) is 5.32 Å². The summed E-state index contributed by atoms with van der Waals surface area (Å²) in [6.45, 7) is 3.51. The van der Waals surface area contributed by atoms with E-state index in [1.54, 1.807) is 6.07 Å². The van der Waals surface area contributed by atoms with Gasteiger partial charge in [0, 0.05) is 18.7 Å². The van der Waals surface area contributed by atoms with Crippen LogP contribution < -0.4 is 10.1 Å². The summed E-state index contributed by atoms with van der Waals surface area (Å²) in [6.07, 6.45) is 0. The molecule has 1 N–H and O–H groups in total. The lowest BCUT2D eigenvalue weighted by Gasteiger charge is -2.08. The molecule has 0 aliphatic carbocycles. The summed E-state index contributed by atoms with van der Waals surface area (Å²) < 4.78 is 5.70. The smallest absolute Gasteiger partial charge is 0.221 e. The van der Waals surface area contributed by atoms with Gasteiger partial charge in [0.25, 0.3) is 0 Å². The number of hydrogen-bond donors (Lipinski definition) is 1. The van der Waals surface area contributed by atoms with Crippen LogP contribution in [0.1, 0.15) is 12.5 Å². The Kier molecular flexibility index (Phi) is 3.63. The van der Waals surface area contributed by atoms with Crippen LogP contribution in [0, 0.1) is 6.92 Å². The number of benzene rings is 2. The van der Waals surface area contributed by atoms with Gasteiger partial charge in [0.05, 0.1) is 0 Å². The highest BCUT2D eigenvalue weighted by Gasteiger charge is 2.00. The first-order valence-electron chi connectivity index (χ1n) is 5.76. The van der Waals surface area contributed by atoms with Crippen molar-refractivity contribution in [3.63, 3.8) is 0 Å². The lowest BCUT2D eigenvalue weighted by Crippen LogP contribution is -2.05. The zero-order valence-electron chi connectivity index (χ0n) is 10.4. The summed E-state index contributed by atoms with van der Waals surface area (Å²) in [4.78, 5) is 11.0. The van der Waals surface area contributed by atoms with E-state index in [0.29, 0.717) is 5.75 Å². The third-order valence-electron chi connectivity index (χ3n) is 2.41. The van der Waals surface area contributed by atoms with Crippen molar-refractivity contribution >= 4 is 11.6 Å². The van der Waals surface area contributed by atoms with Gasteiger partial charge in [-0.2, -0.15) is 0 Å². The van der Waals surface area contributed by atoms with Crippen molar-refractivity contribution in [2.24, 2.45) is 0 Å². The molecule has 0 bridgehead atoms. The summed E-state index contributed by atoms with van der Waals surface area (Å²) in [6, 6.07) is 15.1. The van der Waals surface area contributed by atoms with E-state index in [1.165, 1.54) is 12.5 Å². The van der Waals surface area contributed by atoms with Gasteiger partial charge in [0.1, 0.15) is 11.5 Å². The second-order valence-corrected chi connectivity index (χ2v) is 4.12. The quantitative estimate of drug-likeness (QED) is 0.888. The number of hydrogen-bond acceptors (Lipinski definition) is 2. The van der Waals surface area contributed by atoms with Crippen molar-refractivity contribution in [2.75, 3.05) is 5.32 Å². The number of rotatable bonds is 3. The number of amides is 1. The molecule has 0 aliphatic rings. The molecular weight excluding hydrogens is 226 g/mol. The lowest BCUT2D eigenvalue weighted by atomic mass is 10.2. The van der Waals surface area contributed by atoms with E-state index in [-0.39, 0.29) is 5.91 Å². The zero-order chi connectivity index (χ0) is 13.0. The van der Waals surface area contributed by atoms with Crippen LogP contribution in [0.25, 0.3) is 0 Å². The van der Waals surface area contributed by atoms with E-state index >= 15 is 0 Å². The van der Waals surface area contributed by atoms with Gasteiger partial charge in [0.2, 0.25) is 5.91 Å². The van der Waals surface area contributed by atoms with Gasteiger partial charge < -0.3 is 10.1 Å². The molecule has 0 unspecified atom stereocenters. The highest BCUT2D eigenvalue weighted by molar-refractivity contribution is 5.88. The first kappa shape index (κ1) is 12.2. The third-order valence-corrected chi connectivity index (χ3v) is 2.41. The van der Waals surface area contributed by atoms with E-state index < -0.39 is 0 Å². The second-order valence-electron chi connectivity index (χ2n) is 4.12. The van der Waals surface area contributed by atoms with Crippen LogP contribution in [0.4, 0.5) is 5.69 Å². The predicted molar refractivity (Wildman–Crippen MR) is 72.0 cm³/mol. The number of nitrogens with one attached hydrogen (secondary N) is 1. The molecule has 0 aromatic heterocycles.